The van der Waals surface area contributed by atoms with Crippen molar-refractivity contribution in [2.45, 2.75) is 0 Å². The molecule has 84 valence electrons. The molecule has 0 heterocycles. The molecule has 0 amide bonds. The van der Waals surface area contributed by atoms with E-state index in [-0.39, 0.29) is 51.2 Å². The van der Waals surface area contributed by atoms with Crippen molar-refractivity contribution in [1.29, 1.82) is 31.6 Å². The van der Waals surface area contributed by atoms with E-state index in [2.05, 4.69) is 0 Å². The van der Waals surface area contributed by atoms with E-state index in [4.69, 9.17) is 71.0 Å². The van der Waals surface area contributed by atoms with E-state index >= 15 is 0 Å². The quantitative estimate of drug-likeness (QED) is 0.466. The van der Waals surface area contributed by atoms with Gasteiger partial charge in [0.25, 0.3) is 0 Å². The van der Waals surface area contributed by atoms with Gasteiger partial charge in [-0.1, -0.05) is 0 Å². The van der Waals surface area contributed by atoms with Gasteiger partial charge in [-0.3, -0.25) is 0 Å². The van der Waals surface area contributed by atoms with Gasteiger partial charge in [-0.25, -0.2) is 0 Å². The number of rotatable bonds is 0. The molecule has 0 aliphatic carbocycles. The Morgan fingerprint density at radius 1 is 0.333 bits per heavy atom. The van der Waals surface area contributed by atoms with Crippen LogP contribution in [0.1, 0.15) is 0 Å². The summed E-state index contributed by atoms with van der Waals surface area (Å²) in [4.78, 5) is 0. The summed E-state index contributed by atoms with van der Waals surface area (Å²) in [5.74, 6) is 0. The van der Waals surface area contributed by atoms with Gasteiger partial charge in [-0.15, -0.1) is 0 Å². The second-order valence-electron chi connectivity index (χ2n) is 0. The van der Waals surface area contributed by atoms with Gasteiger partial charge in [-0.2, -0.15) is 0 Å². The average Bonchev–Trinajstić information content (AvgIpc) is 2.33. The maximum absolute atomic E-state index is 6.25. The minimum Gasteiger partial charge on any atom is -0.512 e. The first-order valence-electron chi connectivity index (χ1n) is 1.34. The van der Waals surface area contributed by atoms with E-state index in [0.29, 0.717) is 0 Å². The predicted octanol–water partition coefficient (Wildman–Crippen LogP) is 0.571. The SMILES string of the molecule is [C-]#N.[C-]#N.[C-]#N.[C-]#N.[C-]#N.[C-]#N.[Cu].[Cu].[Fe+6]. The van der Waals surface area contributed by atoms with Crippen LogP contribution in [0.15, 0.2) is 0 Å². The zero-order chi connectivity index (χ0) is 12.0. The first-order chi connectivity index (χ1) is 6.00. The van der Waals surface area contributed by atoms with Crippen molar-refractivity contribution in [2.24, 2.45) is 0 Å². The molecule has 0 aliphatic heterocycles. The molecule has 0 fully saturated rings. The fraction of sp³-hybridized carbons (Fsp3) is 0. The molecule has 6 nitrogen and oxygen atoms in total. The Morgan fingerprint density at radius 2 is 0.333 bits per heavy atom. The number of hydrogen-bond acceptors (Lipinski definition) is 6. The molecule has 2 radical (unpaired) electrons. The molecule has 0 N–H and O–H groups in total. The van der Waals surface area contributed by atoms with Crippen LogP contribution < -0.4 is 0 Å². The van der Waals surface area contributed by atoms with Crippen LogP contribution in [0, 0.1) is 71.0 Å². The molecule has 0 aliphatic rings. The van der Waals surface area contributed by atoms with Gasteiger partial charge in [-0.05, 0) is 0 Å². The Balaban J connectivity index is -0.00000000396. The normalized spacial score (nSPS) is 0.800. The zero-order valence-electron chi connectivity index (χ0n) is 6.64. The fourth-order valence-electron chi connectivity index (χ4n) is 0. The molecule has 0 unspecified atom stereocenters. The molecule has 0 rings (SSSR count). The van der Waals surface area contributed by atoms with Gasteiger partial charge in [0, 0.05) is 34.1 Å². The number of nitrogens with zero attached hydrogens (tertiary/aromatic N) is 6. The summed E-state index contributed by atoms with van der Waals surface area (Å²) < 4.78 is 0. The first kappa shape index (κ1) is 104. The average molecular weight is 339 g/mol. The van der Waals surface area contributed by atoms with E-state index < -0.39 is 0 Å². The van der Waals surface area contributed by atoms with Gasteiger partial charge in [0.05, 0.1) is 0 Å². The molecule has 0 saturated carbocycles. The first-order valence-corrected chi connectivity index (χ1v) is 1.34. The summed E-state index contributed by atoms with van der Waals surface area (Å²) in [6, 6.07) is 0. The minimum atomic E-state index is 0. The molecule has 0 aromatic carbocycles. The van der Waals surface area contributed by atoms with Crippen molar-refractivity contribution in [1.82, 2.24) is 0 Å². The van der Waals surface area contributed by atoms with E-state index in [1.165, 1.54) is 0 Å². The van der Waals surface area contributed by atoms with Gasteiger partial charge < -0.3 is 71.0 Å². The van der Waals surface area contributed by atoms with Crippen molar-refractivity contribution in [3.63, 3.8) is 0 Å². The van der Waals surface area contributed by atoms with Gasteiger partial charge in [0.1, 0.15) is 0 Å². The summed E-state index contributed by atoms with van der Waals surface area (Å²) in [7, 11) is 0. The maximum atomic E-state index is 6.25. The van der Waals surface area contributed by atoms with Crippen LogP contribution in [-0.4, -0.2) is 0 Å². The predicted molar refractivity (Wildman–Crippen MR) is 29.8 cm³/mol. The van der Waals surface area contributed by atoms with Crippen LogP contribution in [0.3, 0.4) is 0 Å². The van der Waals surface area contributed by atoms with Crippen molar-refractivity contribution >= 4 is 0 Å². The molecule has 0 saturated heterocycles. The molecule has 0 atom stereocenters. The van der Waals surface area contributed by atoms with E-state index in [9.17, 15) is 0 Å². The van der Waals surface area contributed by atoms with Crippen molar-refractivity contribution in [3.05, 3.63) is 39.4 Å². The molecular weight excluding hydrogens is 339 g/mol. The van der Waals surface area contributed by atoms with Crippen molar-refractivity contribution in [2.75, 3.05) is 0 Å². The van der Waals surface area contributed by atoms with Crippen LogP contribution in [-0.2, 0) is 51.2 Å². The molecule has 9 heteroatoms. The zero-order valence-corrected chi connectivity index (χ0v) is 9.63. The minimum absolute atomic E-state index is 0. The second kappa shape index (κ2) is 733. The Kier molecular flexibility index (Phi) is 5090. The molecule has 15 heavy (non-hydrogen) atoms. The Hall–Kier alpha value is -1.50. The Morgan fingerprint density at radius 3 is 0.333 bits per heavy atom. The van der Waals surface area contributed by atoms with E-state index in [0.717, 1.165) is 0 Å². The second-order valence-corrected chi connectivity index (χ2v) is 0. The summed E-state index contributed by atoms with van der Waals surface area (Å²) in [6.45, 7) is 28.5. The summed E-state index contributed by atoms with van der Waals surface area (Å²) >= 11 is 0. The molecule has 0 bridgehead atoms. The summed E-state index contributed by atoms with van der Waals surface area (Å²) in [6.07, 6.45) is 0. The van der Waals surface area contributed by atoms with Crippen molar-refractivity contribution < 1.29 is 51.2 Å². The Bertz CT molecular complexity index is 101. The molecular formula is C6Cu2FeN6. The summed E-state index contributed by atoms with van der Waals surface area (Å²) in [5.41, 5.74) is 0. The molecule has 0 spiro atoms. The van der Waals surface area contributed by atoms with E-state index in [1.807, 2.05) is 0 Å². The van der Waals surface area contributed by atoms with Gasteiger partial charge in [0.2, 0.25) is 0 Å². The topological polar surface area (TPSA) is 143 Å². The summed E-state index contributed by atoms with van der Waals surface area (Å²) in [5, 5.41) is 37.5. The van der Waals surface area contributed by atoms with Crippen LogP contribution in [0.5, 0.6) is 0 Å². The third kappa shape index (κ3) is 611. The van der Waals surface area contributed by atoms with Crippen LogP contribution in [0.25, 0.3) is 0 Å². The molecule has 0 aromatic heterocycles. The fourth-order valence-corrected chi connectivity index (χ4v) is 0. The monoisotopic (exact) mass is 338 g/mol. The third-order valence-electron chi connectivity index (χ3n) is 0. The maximum Gasteiger partial charge on any atom is 6.00 e. The van der Waals surface area contributed by atoms with E-state index in [1.54, 1.807) is 0 Å². The third-order valence-corrected chi connectivity index (χ3v) is 0. The van der Waals surface area contributed by atoms with Crippen LogP contribution >= 0.6 is 0 Å². The standard InChI is InChI=1S/6CN.2Cu.Fe/c6*1-2;;;/q6*-1;;;+6. The molecule has 0 aromatic rings. The number of hydrogen-bond donors (Lipinski definition) is 0. The van der Waals surface area contributed by atoms with Crippen LogP contribution in [0.4, 0.5) is 0 Å². The van der Waals surface area contributed by atoms with Crippen molar-refractivity contribution in [3.8, 4) is 0 Å². The smallest absolute Gasteiger partial charge is 0.512 e. The largest absolute Gasteiger partial charge is 6.00 e. The Labute approximate surface area is 122 Å². The van der Waals surface area contributed by atoms with Gasteiger partial charge >= 0.3 is 17.1 Å². The van der Waals surface area contributed by atoms with Gasteiger partial charge in [0.15, 0.2) is 0 Å². The van der Waals surface area contributed by atoms with Crippen LogP contribution in [0.2, 0.25) is 0 Å².